The Bertz CT molecular complexity index is 1200. The van der Waals surface area contributed by atoms with Crippen LogP contribution in [0.1, 0.15) is 12.5 Å². The number of hydrogen-bond acceptors (Lipinski definition) is 5. The standard InChI is InChI=1S/C24H25ClN2O5S/c1-3-32-21-12-8-7-11-19(21)26-24(28)20(15-17-9-5-4-6-10-17)27-33(29,30)23-16-18(25)13-14-22(23)31-2/h4-14,16,20,27H,3,15H2,1-2H3,(H,26,28)/t20-/m1/s1. The number of amides is 1. The number of benzene rings is 3. The summed E-state index contributed by atoms with van der Waals surface area (Å²) in [7, 11) is -2.79. The molecule has 1 amide bonds. The molecule has 9 heteroatoms. The van der Waals surface area contributed by atoms with Crippen LogP contribution in [0.5, 0.6) is 11.5 Å². The Kier molecular flexibility index (Phi) is 8.32. The lowest BCUT2D eigenvalue weighted by molar-refractivity contribution is -0.117. The van der Waals surface area contributed by atoms with E-state index in [2.05, 4.69) is 10.0 Å². The van der Waals surface area contributed by atoms with Gasteiger partial charge in [0.25, 0.3) is 0 Å². The molecule has 0 spiro atoms. The summed E-state index contributed by atoms with van der Waals surface area (Å²) in [6.45, 7) is 2.25. The van der Waals surface area contributed by atoms with Gasteiger partial charge in [-0.25, -0.2) is 8.42 Å². The third-order valence-corrected chi connectivity index (χ3v) is 6.48. The zero-order valence-electron chi connectivity index (χ0n) is 18.2. The van der Waals surface area contributed by atoms with E-state index in [1.807, 2.05) is 37.3 Å². The quantitative estimate of drug-likeness (QED) is 0.444. The fourth-order valence-electron chi connectivity index (χ4n) is 3.22. The van der Waals surface area contributed by atoms with E-state index in [-0.39, 0.29) is 22.1 Å². The minimum absolute atomic E-state index is 0.118. The molecule has 3 aromatic carbocycles. The van der Waals surface area contributed by atoms with Gasteiger partial charge in [-0.15, -0.1) is 0 Å². The third kappa shape index (κ3) is 6.47. The van der Waals surface area contributed by atoms with Crippen molar-refractivity contribution in [2.24, 2.45) is 0 Å². The molecule has 7 nitrogen and oxygen atoms in total. The smallest absolute Gasteiger partial charge is 0.245 e. The number of anilines is 1. The van der Waals surface area contributed by atoms with Gasteiger partial charge in [0.05, 0.1) is 19.4 Å². The SMILES string of the molecule is CCOc1ccccc1NC(=O)[C@@H](Cc1ccccc1)NS(=O)(=O)c1cc(Cl)ccc1OC. The molecule has 0 aliphatic carbocycles. The molecule has 0 radical (unpaired) electrons. The van der Waals surface area contributed by atoms with Gasteiger partial charge in [-0.2, -0.15) is 4.72 Å². The highest BCUT2D eigenvalue weighted by Gasteiger charge is 2.29. The maximum Gasteiger partial charge on any atom is 0.245 e. The number of methoxy groups -OCH3 is 1. The Hall–Kier alpha value is -3.07. The topological polar surface area (TPSA) is 93.7 Å². The number of para-hydroxylation sites is 2. The molecule has 0 aliphatic heterocycles. The van der Waals surface area contributed by atoms with Crippen molar-refractivity contribution < 1.29 is 22.7 Å². The van der Waals surface area contributed by atoms with Gasteiger partial charge in [-0.3, -0.25) is 4.79 Å². The highest BCUT2D eigenvalue weighted by Crippen LogP contribution is 2.28. The van der Waals surface area contributed by atoms with Crippen molar-refractivity contribution in [2.45, 2.75) is 24.3 Å². The molecule has 3 rings (SSSR count). The van der Waals surface area contributed by atoms with Crippen molar-refractivity contribution in [1.29, 1.82) is 0 Å². The first kappa shape index (κ1) is 24.6. The normalized spacial score (nSPS) is 12.1. The van der Waals surface area contributed by atoms with Crippen LogP contribution in [0.3, 0.4) is 0 Å². The van der Waals surface area contributed by atoms with Crippen molar-refractivity contribution in [3.05, 3.63) is 83.4 Å². The van der Waals surface area contributed by atoms with E-state index in [1.165, 1.54) is 25.3 Å². The number of carbonyl (C=O) groups is 1. The van der Waals surface area contributed by atoms with Crippen LogP contribution in [0.4, 0.5) is 5.69 Å². The molecule has 0 aliphatic rings. The fourth-order valence-corrected chi connectivity index (χ4v) is 4.85. The summed E-state index contributed by atoms with van der Waals surface area (Å²) in [6.07, 6.45) is 0.131. The molecular weight excluding hydrogens is 464 g/mol. The van der Waals surface area contributed by atoms with Gasteiger partial charge in [0, 0.05) is 5.02 Å². The summed E-state index contributed by atoms with van der Waals surface area (Å²) < 4.78 is 39.7. The number of rotatable bonds is 10. The van der Waals surface area contributed by atoms with Crippen LogP contribution in [0.15, 0.2) is 77.7 Å². The second-order valence-electron chi connectivity index (χ2n) is 7.08. The minimum atomic E-state index is -4.15. The van der Waals surface area contributed by atoms with Gasteiger partial charge in [-0.05, 0) is 49.2 Å². The van der Waals surface area contributed by atoms with Crippen molar-refractivity contribution in [3.63, 3.8) is 0 Å². The molecule has 0 bridgehead atoms. The Labute approximate surface area is 198 Å². The summed E-state index contributed by atoms with van der Waals surface area (Å²) in [4.78, 5) is 13.1. The molecule has 3 aromatic rings. The predicted octanol–water partition coefficient (Wildman–Crippen LogP) is 4.28. The lowest BCUT2D eigenvalue weighted by Gasteiger charge is -2.20. The third-order valence-electron chi connectivity index (χ3n) is 4.76. The average molecular weight is 489 g/mol. The van der Waals surface area contributed by atoms with Crippen molar-refractivity contribution >= 4 is 33.2 Å². The lowest BCUT2D eigenvalue weighted by Crippen LogP contribution is -2.45. The van der Waals surface area contributed by atoms with Crippen molar-refractivity contribution in [3.8, 4) is 11.5 Å². The second-order valence-corrected chi connectivity index (χ2v) is 9.20. The fraction of sp³-hybridized carbons (Fsp3) is 0.208. The molecule has 0 saturated carbocycles. The van der Waals surface area contributed by atoms with Gasteiger partial charge in [0.1, 0.15) is 22.4 Å². The summed E-state index contributed by atoms with van der Waals surface area (Å²) in [5.74, 6) is 0.0780. The highest BCUT2D eigenvalue weighted by molar-refractivity contribution is 7.89. The van der Waals surface area contributed by atoms with Crippen molar-refractivity contribution in [2.75, 3.05) is 19.0 Å². The van der Waals surface area contributed by atoms with E-state index in [0.29, 0.717) is 18.0 Å². The first-order valence-corrected chi connectivity index (χ1v) is 12.1. The number of carbonyl (C=O) groups excluding carboxylic acids is 1. The van der Waals surface area contributed by atoms with E-state index in [1.54, 1.807) is 24.3 Å². The number of sulfonamides is 1. The number of nitrogens with one attached hydrogen (secondary N) is 2. The highest BCUT2D eigenvalue weighted by atomic mass is 35.5. The molecule has 0 unspecified atom stereocenters. The van der Waals surface area contributed by atoms with Gasteiger partial charge in [0.2, 0.25) is 15.9 Å². The molecule has 33 heavy (non-hydrogen) atoms. The largest absolute Gasteiger partial charge is 0.495 e. The van der Waals surface area contributed by atoms with Crippen LogP contribution in [-0.4, -0.2) is 34.1 Å². The van der Waals surface area contributed by atoms with E-state index < -0.39 is 22.0 Å². The van der Waals surface area contributed by atoms with Crippen LogP contribution < -0.4 is 19.5 Å². The maximum atomic E-state index is 13.3. The predicted molar refractivity (Wildman–Crippen MR) is 129 cm³/mol. The van der Waals surface area contributed by atoms with E-state index in [0.717, 1.165) is 5.56 Å². The Morgan fingerprint density at radius 3 is 2.39 bits per heavy atom. The molecule has 2 N–H and O–H groups in total. The summed E-state index contributed by atoms with van der Waals surface area (Å²) in [5.41, 5.74) is 1.23. The van der Waals surface area contributed by atoms with Crippen LogP contribution in [0.25, 0.3) is 0 Å². The summed E-state index contributed by atoms with van der Waals surface area (Å²) in [5, 5.41) is 3.01. The lowest BCUT2D eigenvalue weighted by atomic mass is 10.1. The number of halogens is 1. The van der Waals surface area contributed by atoms with Gasteiger partial charge in [0.15, 0.2) is 0 Å². The summed E-state index contributed by atoms with van der Waals surface area (Å²) >= 11 is 6.02. The van der Waals surface area contributed by atoms with Gasteiger partial charge < -0.3 is 14.8 Å². The summed E-state index contributed by atoms with van der Waals surface area (Å²) in [6, 6.07) is 19.3. The first-order valence-electron chi connectivity index (χ1n) is 10.3. The van der Waals surface area contributed by atoms with Crippen LogP contribution >= 0.6 is 11.6 Å². The monoisotopic (exact) mass is 488 g/mol. The van der Waals surface area contributed by atoms with E-state index >= 15 is 0 Å². The number of ether oxygens (including phenoxy) is 2. The zero-order chi connectivity index (χ0) is 23.8. The molecular formula is C24H25ClN2O5S. The van der Waals surface area contributed by atoms with Crippen LogP contribution in [0.2, 0.25) is 5.02 Å². The average Bonchev–Trinajstić information content (AvgIpc) is 2.80. The zero-order valence-corrected chi connectivity index (χ0v) is 19.8. The van der Waals surface area contributed by atoms with Gasteiger partial charge >= 0.3 is 0 Å². The van der Waals surface area contributed by atoms with Gasteiger partial charge in [-0.1, -0.05) is 54.1 Å². The molecule has 0 heterocycles. The number of hydrogen-bond donors (Lipinski definition) is 2. The Morgan fingerprint density at radius 1 is 1.00 bits per heavy atom. The van der Waals surface area contributed by atoms with Crippen LogP contribution in [-0.2, 0) is 21.2 Å². The van der Waals surface area contributed by atoms with E-state index in [9.17, 15) is 13.2 Å². The maximum absolute atomic E-state index is 13.3. The molecule has 1 atom stereocenters. The van der Waals surface area contributed by atoms with E-state index in [4.69, 9.17) is 21.1 Å². The first-order chi connectivity index (χ1) is 15.8. The van der Waals surface area contributed by atoms with Crippen LogP contribution in [0, 0.1) is 0 Å². The molecule has 0 saturated heterocycles. The minimum Gasteiger partial charge on any atom is -0.495 e. The Morgan fingerprint density at radius 2 is 1.70 bits per heavy atom. The molecule has 0 aromatic heterocycles. The molecule has 0 fully saturated rings. The Balaban J connectivity index is 1.93. The second kappa shape index (κ2) is 11.2. The molecule has 174 valence electrons. The van der Waals surface area contributed by atoms with Crippen molar-refractivity contribution in [1.82, 2.24) is 4.72 Å².